The number of amides is 3. The second kappa shape index (κ2) is 16.0. The van der Waals surface area contributed by atoms with Crippen molar-refractivity contribution in [3.63, 3.8) is 0 Å². The van der Waals surface area contributed by atoms with Gasteiger partial charge in [0.15, 0.2) is 0 Å². The maximum Gasteiger partial charge on any atom is 0.408 e. The van der Waals surface area contributed by atoms with E-state index in [4.69, 9.17) is 4.74 Å². The van der Waals surface area contributed by atoms with Gasteiger partial charge in [-0.3, -0.25) is 9.59 Å². The molecule has 2 rings (SSSR count). The van der Waals surface area contributed by atoms with E-state index in [1.807, 2.05) is 0 Å². The van der Waals surface area contributed by atoms with Gasteiger partial charge >= 0.3 is 6.09 Å². The molecule has 220 valence electrons. The number of hydrogen-bond acceptors (Lipinski definition) is 6. The molecule has 2 atom stereocenters. The van der Waals surface area contributed by atoms with Gasteiger partial charge in [-0.25, -0.2) is 4.79 Å². The van der Waals surface area contributed by atoms with Crippen molar-refractivity contribution < 1.29 is 24.2 Å². The number of hydrogen-bond donors (Lipinski definition) is 4. The molecule has 0 spiro atoms. The summed E-state index contributed by atoms with van der Waals surface area (Å²) in [5.41, 5.74) is 0.263. The van der Waals surface area contributed by atoms with Crippen LogP contribution in [0.25, 0.3) is 0 Å². The Morgan fingerprint density at radius 2 is 1.77 bits per heavy atom. The number of para-hydroxylation sites is 1. The molecule has 0 heterocycles. The number of phenolic OH excluding ortho intramolecular Hbond substituents is 1. The second-order valence-corrected chi connectivity index (χ2v) is 12.0. The van der Waals surface area contributed by atoms with Crippen LogP contribution in [-0.4, -0.2) is 57.9 Å². The van der Waals surface area contributed by atoms with Crippen LogP contribution in [0.1, 0.15) is 109 Å². The molecule has 0 radical (unpaired) electrons. The maximum absolute atomic E-state index is 14.0. The number of ether oxygens (including phenoxy) is 1. The highest BCUT2D eigenvalue weighted by molar-refractivity contribution is 7.80. The van der Waals surface area contributed by atoms with Gasteiger partial charge in [0.1, 0.15) is 23.4 Å². The van der Waals surface area contributed by atoms with Crippen LogP contribution < -0.4 is 10.6 Å². The number of thiol groups is 1. The standard InChI is InChI=1S/C30H49N3O5S/c1-6-7-8-9-13-19-33(28(36)24(20-39)32-29(37)38-30(3,4)5)25(23-18-14-15-21(2)26(23)34)27(35)31-22-16-11-10-12-17-22/h14-15,18,22,24-25,34,39H,6-13,16-17,19-20H2,1-5H3,(H,31,35)(H,32,37). The van der Waals surface area contributed by atoms with Gasteiger partial charge in [-0.05, 0) is 52.5 Å². The number of alkyl carbamates (subject to hydrolysis) is 1. The fraction of sp³-hybridized carbons (Fsp3) is 0.700. The summed E-state index contributed by atoms with van der Waals surface area (Å²) >= 11 is 4.36. The monoisotopic (exact) mass is 563 g/mol. The number of benzene rings is 1. The van der Waals surface area contributed by atoms with Gasteiger partial charge in [0.05, 0.1) is 0 Å². The molecule has 3 amide bonds. The van der Waals surface area contributed by atoms with Gasteiger partial charge in [-0.2, -0.15) is 12.6 Å². The van der Waals surface area contributed by atoms with Crippen molar-refractivity contribution in [1.29, 1.82) is 0 Å². The van der Waals surface area contributed by atoms with E-state index in [1.165, 1.54) is 4.90 Å². The molecule has 9 heteroatoms. The van der Waals surface area contributed by atoms with Crippen molar-refractivity contribution in [2.45, 2.75) is 123 Å². The Morgan fingerprint density at radius 3 is 2.38 bits per heavy atom. The zero-order valence-corrected chi connectivity index (χ0v) is 25.3. The second-order valence-electron chi connectivity index (χ2n) is 11.6. The van der Waals surface area contributed by atoms with Crippen LogP contribution in [0, 0.1) is 6.92 Å². The molecule has 1 aromatic carbocycles. The smallest absolute Gasteiger partial charge is 0.408 e. The molecule has 1 aliphatic rings. The average molecular weight is 564 g/mol. The Bertz CT molecular complexity index is 943. The van der Waals surface area contributed by atoms with Gasteiger partial charge in [0, 0.05) is 23.9 Å². The average Bonchev–Trinajstić information content (AvgIpc) is 2.87. The van der Waals surface area contributed by atoms with Gasteiger partial charge in [-0.1, -0.05) is 70.1 Å². The van der Waals surface area contributed by atoms with Gasteiger partial charge in [0.25, 0.3) is 0 Å². The Balaban J connectivity index is 2.44. The number of phenols is 1. The number of aryl methyl sites for hydroxylation is 1. The fourth-order valence-electron chi connectivity index (χ4n) is 4.97. The lowest BCUT2D eigenvalue weighted by Gasteiger charge is -2.36. The number of nitrogens with zero attached hydrogens (tertiary/aromatic N) is 1. The predicted octanol–water partition coefficient (Wildman–Crippen LogP) is 5.81. The van der Waals surface area contributed by atoms with E-state index in [1.54, 1.807) is 45.9 Å². The van der Waals surface area contributed by atoms with E-state index in [2.05, 4.69) is 30.2 Å². The third kappa shape index (κ3) is 10.6. The molecule has 1 aromatic rings. The lowest BCUT2D eigenvalue weighted by atomic mass is 9.94. The van der Waals surface area contributed by atoms with Crippen LogP contribution >= 0.6 is 12.6 Å². The van der Waals surface area contributed by atoms with E-state index in [0.29, 0.717) is 24.1 Å². The number of nitrogens with one attached hydrogen (secondary N) is 2. The molecule has 2 unspecified atom stereocenters. The summed E-state index contributed by atoms with van der Waals surface area (Å²) < 4.78 is 5.38. The summed E-state index contributed by atoms with van der Waals surface area (Å²) in [7, 11) is 0. The van der Waals surface area contributed by atoms with Crippen molar-refractivity contribution >= 4 is 30.5 Å². The van der Waals surface area contributed by atoms with Crippen LogP contribution in [0.2, 0.25) is 0 Å². The third-order valence-electron chi connectivity index (χ3n) is 7.03. The number of aromatic hydroxyl groups is 1. The Labute approximate surface area is 240 Å². The summed E-state index contributed by atoms with van der Waals surface area (Å²) in [4.78, 5) is 42.1. The molecule has 3 N–H and O–H groups in total. The van der Waals surface area contributed by atoms with Gasteiger partial charge in [-0.15, -0.1) is 0 Å². The molecule has 0 aliphatic heterocycles. The summed E-state index contributed by atoms with van der Waals surface area (Å²) in [6.45, 7) is 9.46. The molecule has 0 saturated heterocycles. The molecular weight excluding hydrogens is 514 g/mol. The van der Waals surface area contributed by atoms with Crippen LogP contribution in [0.3, 0.4) is 0 Å². The third-order valence-corrected chi connectivity index (χ3v) is 7.40. The molecule has 39 heavy (non-hydrogen) atoms. The zero-order valence-electron chi connectivity index (χ0n) is 24.4. The molecule has 8 nitrogen and oxygen atoms in total. The highest BCUT2D eigenvalue weighted by atomic mass is 32.1. The first-order valence-electron chi connectivity index (χ1n) is 14.5. The lowest BCUT2D eigenvalue weighted by molar-refractivity contribution is -0.142. The summed E-state index contributed by atoms with van der Waals surface area (Å²) in [5.74, 6) is -0.732. The fourth-order valence-corrected chi connectivity index (χ4v) is 5.22. The van der Waals surface area contributed by atoms with E-state index in [9.17, 15) is 19.5 Å². The molecule has 0 bridgehead atoms. The minimum absolute atomic E-state index is 0.00685. The highest BCUT2D eigenvalue weighted by Crippen LogP contribution is 2.33. The zero-order chi connectivity index (χ0) is 29.0. The van der Waals surface area contributed by atoms with Crippen molar-refractivity contribution in [2.24, 2.45) is 0 Å². The first kappa shape index (κ1) is 32.8. The first-order valence-corrected chi connectivity index (χ1v) is 15.1. The van der Waals surface area contributed by atoms with Crippen LogP contribution in [0.15, 0.2) is 18.2 Å². The Kier molecular flexibility index (Phi) is 13.4. The number of carbonyl (C=O) groups is 3. The molecular formula is C30H49N3O5S. The quantitative estimate of drug-likeness (QED) is 0.179. The topological polar surface area (TPSA) is 108 Å². The lowest BCUT2D eigenvalue weighted by Crippen LogP contribution is -2.54. The minimum Gasteiger partial charge on any atom is -0.507 e. The van der Waals surface area contributed by atoms with E-state index in [0.717, 1.165) is 57.8 Å². The predicted molar refractivity (Wildman–Crippen MR) is 158 cm³/mol. The Hall–Kier alpha value is -2.42. The number of rotatable bonds is 13. The minimum atomic E-state index is -1.05. The number of unbranched alkanes of at least 4 members (excludes halogenated alkanes) is 4. The maximum atomic E-state index is 14.0. The largest absolute Gasteiger partial charge is 0.507 e. The Morgan fingerprint density at radius 1 is 1.10 bits per heavy atom. The van der Waals surface area contributed by atoms with Crippen molar-refractivity contribution in [2.75, 3.05) is 12.3 Å². The van der Waals surface area contributed by atoms with E-state index in [-0.39, 0.29) is 23.5 Å². The van der Waals surface area contributed by atoms with Crippen LogP contribution in [0.4, 0.5) is 4.79 Å². The highest BCUT2D eigenvalue weighted by Gasteiger charge is 2.37. The first-order chi connectivity index (χ1) is 18.5. The normalized spacial score (nSPS) is 15.7. The molecule has 1 saturated carbocycles. The summed E-state index contributed by atoms with van der Waals surface area (Å²) in [6.07, 6.45) is 9.11. The SMILES string of the molecule is CCCCCCCN(C(=O)C(CS)NC(=O)OC(C)(C)C)C(C(=O)NC1CCCCC1)c1cccc(C)c1O. The summed E-state index contributed by atoms with van der Waals surface area (Å²) in [6, 6.07) is 3.23. The molecule has 1 aliphatic carbocycles. The van der Waals surface area contributed by atoms with Crippen molar-refractivity contribution in [1.82, 2.24) is 15.5 Å². The van der Waals surface area contributed by atoms with Crippen LogP contribution in [-0.2, 0) is 14.3 Å². The van der Waals surface area contributed by atoms with Crippen molar-refractivity contribution in [3.8, 4) is 5.75 Å². The van der Waals surface area contributed by atoms with E-state index >= 15 is 0 Å². The summed E-state index contributed by atoms with van der Waals surface area (Å²) in [5, 5.41) is 16.8. The van der Waals surface area contributed by atoms with Crippen LogP contribution in [0.5, 0.6) is 5.75 Å². The van der Waals surface area contributed by atoms with Gasteiger partial charge in [0.2, 0.25) is 11.8 Å². The van der Waals surface area contributed by atoms with Crippen molar-refractivity contribution in [3.05, 3.63) is 29.3 Å². The van der Waals surface area contributed by atoms with Gasteiger partial charge < -0.3 is 25.4 Å². The van der Waals surface area contributed by atoms with E-state index < -0.39 is 29.7 Å². The molecule has 0 aromatic heterocycles. The molecule has 1 fully saturated rings. The number of carbonyl (C=O) groups excluding carboxylic acids is 3.